The van der Waals surface area contributed by atoms with E-state index < -0.39 is 0 Å². The van der Waals surface area contributed by atoms with E-state index in [1.165, 1.54) is 5.57 Å². The van der Waals surface area contributed by atoms with Crippen LogP contribution >= 0.6 is 0 Å². The fraction of sp³-hybridized carbons (Fsp3) is 0.200. The molecule has 1 aliphatic carbocycles. The molecule has 0 radical (unpaired) electrons. The fourth-order valence-electron chi connectivity index (χ4n) is 2.52. The van der Waals surface area contributed by atoms with E-state index >= 15 is 0 Å². The summed E-state index contributed by atoms with van der Waals surface area (Å²) in [4.78, 5) is 22.9. The molecule has 1 aliphatic rings. The lowest BCUT2D eigenvalue weighted by Gasteiger charge is -1.88. The minimum absolute atomic E-state index is 0.0117. The number of H-pyrrole nitrogens is 2. The second-order valence-electron chi connectivity index (χ2n) is 5.14. The van der Waals surface area contributed by atoms with Crippen molar-refractivity contribution in [2.24, 2.45) is 7.05 Å². The van der Waals surface area contributed by atoms with Gasteiger partial charge in [-0.1, -0.05) is 0 Å². The number of nitrogens with one attached hydrogen (secondary N) is 2. The molecule has 0 aliphatic heterocycles. The minimum atomic E-state index is 0.0117. The maximum atomic E-state index is 12.2. The first-order valence-corrected chi connectivity index (χ1v) is 6.65. The highest BCUT2D eigenvalue weighted by atomic mass is 16.1. The molecule has 0 bridgehead atoms. The van der Waals surface area contributed by atoms with Gasteiger partial charge in [0.1, 0.15) is 16.5 Å². The molecule has 5 heteroatoms. The summed E-state index contributed by atoms with van der Waals surface area (Å²) in [6.45, 7) is 0. The Bertz CT molecular complexity index is 981. The lowest BCUT2D eigenvalue weighted by molar-refractivity contribution is 0.835. The van der Waals surface area contributed by atoms with Gasteiger partial charge in [-0.15, -0.1) is 0 Å². The lowest BCUT2D eigenvalue weighted by atomic mass is 10.2. The van der Waals surface area contributed by atoms with Gasteiger partial charge in [-0.25, -0.2) is 4.98 Å². The highest BCUT2D eigenvalue weighted by Crippen LogP contribution is 2.26. The van der Waals surface area contributed by atoms with E-state index in [1.807, 2.05) is 31.5 Å². The number of nitrogens with zero attached hydrogens (tertiary/aromatic N) is 2. The first-order chi connectivity index (χ1) is 9.74. The molecule has 4 rings (SSSR count). The highest BCUT2D eigenvalue weighted by molar-refractivity contribution is 5.85. The monoisotopic (exact) mass is 266 g/mol. The molecule has 0 aromatic carbocycles. The number of hydrogen-bond acceptors (Lipinski definition) is 2. The molecule has 2 N–H and O–H groups in total. The third kappa shape index (κ3) is 1.63. The Hall–Kier alpha value is -2.56. The largest absolute Gasteiger partial charge is 0.346 e. The third-order valence-corrected chi connectivity index (χ3v) is 3.74. The van der Waals surface area contributed by atoms with Crippen LogP contribution in [0.4, 0.5) is 0 Å². The van der Waals surface area contributed by atoms with Crippen molar-refractivity contribution in [3.63, 3.8) is 0 Å². The predicted molar refractivity (Wildman–Crippen MR) is 77.6 cm³/mol. The molecule has 3 aromatic heterocycles. The minimum Gasteiger partial charge on any atom is -0.346 e. The van der Waals surface area contributed by atoms with Crippen LogP contribution in [0.5, 0.6) is 0 Å². The van der Waals surface area contributed by atoms with Gasteiger partial charge in [0.15, 0.2) is 0 Å². The van der Waals surface area contributed by atoms with Gasteiger partial charge in [0.2, 0.25) is 0 Å². The summed E-state index contributed by atoms with van der Waals surface area (Å²) in [5, 5.41) is 1.64. The molecule has 100 valence electrons. The number of aromatic nitrogens is 4. The molecule has 0 unspecified atom stereocenters. The average Bonchev–Trinajstić information content (AvgIpc) is 3.18. The first kappa shape index (κ1) is 11.3. The standard InChI is InChI=1S/C15H14N4O/c1-19-14(9-4-5-9)18-12(15(19)20)7-10-8-17-13-11(10)3-2-6-16-13/h2-3,6-8,18H,4-5H2,1H3,(H,16,17)/b12-7-. The Balaban J connectivity index is 2.00. The van der Waals surface area contributed by atoms with E-state index in [4.69, 9.17) is 0 Å². The Morgan fingerprint density at radius 1 is 1.40 bits per heavy atom. The zero-order valence-electron chi connectivity index (χ0n) is 11.1. The lowest BCUT2D eigenvalue weighted by Crippen LogP contribution is -2.28. The van der Waals surface area contributed by atoms with Crippen LogP contribution in [-0.2, 0) is 7.05 Å². The van der Waals surface area contributed by atoms with Crippen LogP contribution in [0.1, 0.15) is 18.4 Å². The summed E-state index contributed by atoms with van der Waals surface area (Å²) in [5.74, 6) is 0. The van der Waals surface area contributed by atoms with Crippen LogP contribution in [0.2, 0.25) is 0 Å². The van der Waals surface area contributed by atoms with Crippen molar-refractivity contribution in [2.75, 3.05) is 0 Å². The molecule has 1 fully saturated rings. The molecule has 0 saturated heterocycles. The van der Waals surface area contributed by atoms with Gasteiger partial charge in [0.25, 0.3) is 5.56 Å². The van der Waals surface area contributed by atoms with Crippen LogP contribution in [0, 0.1) is 0 Å². The van der Waals surface area contributed by atoms with E-state index in [-0.39, 0.29) is 5.56 Å². The molecule has 1 saturated carbocycles. The second kappa shape index (κ2) is 3.96. The SMILES string of the molecule is Cn1c(=C2CC2)[nH]/c(=C\c2c[nH]c3ncccc23)c1=O. The summed E-state index contributed by atoms with van der Waals surface area (Å²) in [5.41, 5.74) is 4.10. The predicted octanol–water partition coefficient (Wildman–Crippen LogP) is 0.363. The van der Waals surface area contributed by atoms with Crippen molar-refractivity contribution in [3.8, 4) is 0 Å². The molecular formula is C15H14N4O. The van der Waals surface area contributed by atoms with Crippen LogP contribution < -0.4 is 16.4 Å². The Morgan fingerprint density at radius 3 is 3.05 bits per heavy atom. The molecular weight excluding hydrogens is 252 g/mol. The van der Waals surface area contributed by atoms with Crippen LogP contribution in [0.25, 0.3) is 22.7 Å². The number of fused-ring (bicyclic) bond motifs is 1. The first-order valence-electron chi connectivity index (χ1n) is 6.65. The van der Waals surface area contributed by atoms with E-state index in [9.17, 15) is 4.79 Å². The van der Waals surface area contributed by atoms with Crippen molar-refractivity contribution in [2.45, 2.75) is 12.8 Å². The Kier molecular flexibility index (Phi) is 2.24. The molecule has 5 nitrogen and oxygen atoms in total. The topological polar surface area (TPSA) is 66.5 Å². The molecule has 20 heavy (non-hydrogen) atoms. The van der Waals surface area contributed by atoms with Gasteiger partial charge in [-0.05, 0) is 36.6 Å². The normalized spacial score (nSPS) is 15.2. The smallest absolute Gasteiger partial charge is 0.275 e. The zero-order valence-corrected chi connectivity index (χ0v) is 11.1. The Morgan fingerprint density at radius 2 is 2.25 bits per heavy atom. The second-order valence-corrected chi connectivity index (χ2v) is 5.14. The van der Waals surface area contributed by atoms with E-state index in [0.29, 0.717) is 5.35 Å². The summed E-state index contributed by atoms with van der Waals surface area (Å²) < 4.78 is 1.70. The molecule has 3 aromatic rings. The van der Waals surface area contributed by atoms with Crippen molar-refractivity contribution in [3.05, 3.63) is 51.3 Å². The van der Waals surface area contributed by atoms with Gasteiger partial charge < -0.3 is 9.97 Å². The van der Waals surface area contributed by atoms with Gasteiger partial charge >= 0.3 is 0 Å². The fourth-order valence-corrected chi connectivity index (χ4v) is 2.52. The average molecular weight is 266 g/mol. The van der Waals surface area contributed by atoms with Gasteiger partial charge in [-0.3, -0.25) is 9.36 Å². The maximum Gasteiger partial charge on any atom is 0.275 e. The molecule has 3 heterocycles. The number of aromatic amines is 2. The van der Waals surface area contributed by atoms with Crippen molar-refractivity contribution >= 4 is 22.7 Å². The van der Waals surface area contributed by atoms with Crippen LogP contribution in [0.3, 0.4) is 0 Å². The van der Waals surface area contributed by atoms with E-state index in [1.54, 1.807) is 10.8 Å². The number of hydrogen-bond donors (Lipinski definition) is 2. The van der Waals surface area contributed by atoms with Crippen LogP contribution in [-0.4, -0.2) is 19.5 Å². The summed E-state index contributed by atoms with van der Waals surface area (Å²) >= 11 is 0. The van der Waals surface area contributed by atoms with Crippen molar-refractivity contribution < 1.29 is 0 Å². The third-order valence-electron chi connectivity index (χ3n) is 3.74. The van der Waals surface area contributed by atoms with Gasteiger partial charge in [-0.2, -0.15) is 0 Å². The number of imidazole rings is 1. The van der Waals surface area contributed by atoms with Gasteiger partial charge in [0.05, 0.1) is 0 Å². The van der Waals surface area contributed by atoms with Crippen molar-refractivity contribution in [1.82, 2.24) is 19.5 Å². The van der Waals surface area contributed by atoms with E-state index in [2.05, 4.69) is 15.0 Å². The highest BCUT2D eigenvalue weighted by Gasteiger charge is 2.15. The number of pyridine rings is 1. The molecule has 0 amide bonds. The maximum absolute atomic E-state index is 12.2. The number of rotatable bonds is 1. The summed E-state index contributed by atoms with van der Waals surface area (Å²) in [6, 6.07) is 3.89. The van der Waals surface area contributed by atoms with Gasteiger partial charge in [0, 0.05) is 30.4 Å². The quantitative estimate of drug-likeness (QED) is 0.668. The Labute approximate surface area is 114 Å². The molecule has 0 spiro atoms. The molecule has 0 atom stereocenters. The summed E-state index contributed by atoms with van der Waals surface area (Å²) in [6.07, 6.45) is 7.68. The van der Waals surface area contributed by atoms with Crippen molar-refractivity contribution in [1.29, 1.82) is 0 Å². The zero-order chi connectivity index (χ0) is 13.7. The summed E-state index contributed by atoms with van der Waals surface area (Å²) in [7, 11) is 1.81. The van der Waals surface area contributed by atoms with E-state index in [0.717, 1.165) is 34.9 Å². The van der Waals surface area contributed by atoms with Crippen LogP contribution in [0.15, 0.2) is 29.3 Å².